The van der Waals surface area contributed by atoms with Gasteiger partial charge < -0.3 is 14.8 Å². The molecule has 1 aliphatic heterocycles. The summed E-state index contributed by atoms with van der Waals surface area (Å²) in [6, 6.07) is 8.94. The van der Waals surface area contributed by atoms with Gasteiger partial charge in [0.25, 0.3) is 5.91 Å². The fourth-order valence-electron chi connectivity index (χ4n) is 2.98. The second-order valence-corrected chi connectivity index (χ2v) is 6.18. The van der Waals surface area contributed by atoms with Crippen LogP contribution in [0.5, 0.6) is 5.75 Å². The van der Waals surface area contributed by atoms with E-state index in [1.807, 2.05) is 0 Å². The molecule has 3 aromatic rings. The van der Waals surface area contributed by atoms with E-state index in [2.05, 4.69) is 5.32 Å². The Morgan fingerprint density at radius 1 is 1.21 bits per heavy atom. The van der Waals surface area contributed by atoms with E-state index >= 15 is 0 Å². The summed E-state index contributed by atoms with van der Waals surface area (Å²) < 4.78 is 5.68. The van der Waals surface area contributed by atoms with Gasteiger partial charge in [-0.25, -0.2) is 0 Å². The largest absolute Gasteiger partial charge is 0.508 e. The lowest BCUT2D eigenvalue weighted by Gasteiger charge is -2.12. The summed E-state index contributed by atoms with van der Waals surface area (Å²) in [5.41, 5.74) is 1.62. The van der Waals surface area contributed by atoms with Gasteiger partial charge >= 0.3 is 0 Å². The highest BCUT2D eigenvalue weighted by atomic mass is 35.5. The van der Waals surface area contributed by atoms with E-state index in [-0.39, 0.29) is 22.5 Å². The first kappa shape index (κ1) is 14.8. The van der Waals surface area contributed by atoms with Gasteiger partial charge in [0.2, 0.25) is 5.76 Å². The number of phenolic OH excluding ortho intramolecular Hbond substituents is 1. The lowest BCUT2D eigenvalue weighted by atomic mass is 9.99. The first-order valence-electron chi connectivity index (χ1n) is 7.32. The molecule has 120 valence electrons. The van der Waals surface area contributed by atoms with Gasteiger partial charge in [-0.2, -0.15) is 0 Å². The maximum absolute atomic E-state index is 12.9. The Morgan fingerprint density at radius 2 is 2.00 bits per heavy atom. The van der Waals surface area contributed by atoms with Gasteiger partial charge in [-0.15, -0.1) is 0 Å². The molecule has 0 unspecified atom stereocenters. The van der Waals surface area contributed by atoms with Crippen molar-refractivity contribution in [2.45, 2.75) is 13.0 Å². The minimum atomic E-state index is -0.666. The Bertz CT molecular complexity index is 1070. The van der Waals surface area contributed by atoms with Gasteiger partial charge in [0.1, 0.15) is 11.3 Å². The molecule has 2 N–H and O–H groups in total. The van der Waals surface area contributed by atoms with Gasteiger partial charge in [-0.1, -0.05) is 23.7 Å². The zero-order valence-corrected chi connectivity index (χ0v) is 13.3. The first-order valence-corrected chi connectivity index (χ1v) is 7.70. The molecule has 6 heteroatoms. The number of carbonyl (C=O) groups is 1. The molecule has 1 amide bonds. The lowest BCUT2D eigenvalue weighted by molar-refractivity contribution is 0.0938. The van der Waals surface area contributed by atoms with Crippen molar-refractivity contribution in [3.63, 3.8) is 0 Å². The minimum Gasteiger partial charge on any atom is -0.508 e. The van der Waals surface area contributed by atoms with Crippen molar-refractivity contribution in [3.8, 4) is 5.75 Å². The Hall–Kier alpha value is -2.79. The van der Waals surface area contributed by atoms with E-state index in [9.17, 15) is 14.7 Å². The van der Waals surface area contributed by atoms with Crippen LogP contribution in [0.4, 0.5) is 0 Å². The molecule has 4 rings (SSSR count). The van der Waals surface area contributed by atoms with Crippen LogP contribution in [0.3, 0.4) is 0 Å². The molecule has 1 aliphatic rings. The minimum absolute atomic E-state index is 0.00238. The topological polar surface area (TPSA) is 79.5 Å². The fraction of sp³-hybridized carbons (Fsp3) is 0.111. The summed E-state index contributed by atoms with van der Waals surface area (Å²) >= 11 is 6.12. The highest BCUT2D eigenvalue weighted by Gasteiger charge is 2.36. The molecule has 0 radical (unpaired) electrons. The summed E-state index contributed by atoms with van der Waals surface area (Å²) in [4.78, 5) is 25.2. The average Bonchev–Trinajstić information content (AvgIpc) is 2.87. The van der Waals surface area contributed by atoms with Crippen LogP contribution in [0.1, 0.15) is 33.3 Å². The van der Waals surface area contributed by atoms with E-state index in [0.29, 0.717) is 21.6 Å². The van der Waals surface area contributed by atoms with Crippen molar-refractivity contribution in [1.29, 1.82) is 0 Å². The van der Waals surface area contributed by atoms with Crippen molar-refractivity contribution < 1.29 is 14.3 Å². The number of aromatic hydroxyl groups is 1. The summed E-state index contributed by atoms with van der Waals surface area (Å²) in [7, 11) is 0. The van der Waals surface area contributed by atoms with Crippen molar-refractivity contribution >= 4 is 28.5 Å². The van der Waals surface area contributed by atoms with E-state index < -0.39 is 11.9 Å². The van der Waals surface area contributed by atoms with Gasteiger partial charge in [-0.05, 0) is 42.3 Å². The molecule has 1 atom stereocenters. The van der Waals surface area contributed by atoms with E-state index in [4.69, 9.17) is 16.0 Å². The smallest absolute Gasteiger partial charge is 0.288 e. The van der Waals surface area contributed by atoms with Crippen LogP contribution >= 0.6 is 11.6 Å². The van der Waals surface area contributed by atoms with Crippen molar-refractivity contribution in [1.82, 2.24) is 5.32 Å². The maximum Gasteiger partial charge on any atom is 0.288 e. The number of halogens is 1. The van der Waals surface area contributed by atoms with Crippen molar-refractivity contribution in [2.75, 3.05) is 0 Å². The Balaban J connectivity index is 2.02. The Kier molecular flexibility index (Phi) is 3.15. The van der Waals surface area contributed by atoms with Gasteiger partial charge in [0.15, 0.2) is 5.43 Å². The van der Waals surface area contributed by atoms with Crippen LogP contribution in [-0.2, 0) is 0 Å². The molecular weight excluding hydrogens is 330 g/mol. The van der Waals surface area contributed by atoms with Gasteiger partial charge in [-0.3, -0.25) is 9.59 Å². The van der Waals surface area contributed by atoms with Gasteiger partial charge in [0.05, 0.1) is 17.0 Å². The normalized spacial score (nSPS) is 16.2. The molecule has 0 bridgehead atoms. The van der Waals surface area contributed by atoms with Crippen LogP contribution in [0.25, 0.3) is 11.0 Å². The Morgan fingerprint density at radius 3 is 2.75 bits per heavy atom. The molecule has 0 saturated carbocycles. The molecular formula is C18H12ClNO4. The third-order valence-corrected chi connectivity index (χ3v) is 4.59. The monoisotopic (exact) mass is 341 g/mol. The zero-order chi connectivity index (χ0) is 17.0. The van der Waals surface area contributed by atoms with Crippen LogP contribution in [-0.4, -0.2) is 11.0 Å². The van der Waals surface area contributed by atoms with E-state index in [0.717, 1.165) is 5.56 Å². The lowest BCUT2D eigenvalue weighted by Crippen LogP contribution is -2.21. The van der Waals surface area contributed by atoms with E-state index in [1.54, 1.807) is 31.2 Å². The molecule has 0 aliphatic carbocycles. The molecule has 24 heavy (non-hydrogen) atoms. The molecule has 0 saturated heterocycles. The van der Waals surface area contributed by atoms with E-state index in [1.165, 1.54) is 12.1 Å². The van der Waals surface area contributed by atoms with Crippen molar-refractivity contribution in [2.24, 2.45) is 0 Å². The number of benzene rings is 2. The molecule has 0 fully saturated rings. The molecule has 2 aromatic carbocycles. The van der Waals surface area contributed by atoms with Crippen LogP contribution < -0.4 is 10.7 Å². The number of nitrogens with one attached hydrogen (secondary N) is 1. The number of hydrogen-bond acceptors (Lipinski definition) is 4. The highest BCUT2D eigenvalue weighted by Crippen LogP contribution is 2.33. The number of fused-ring (bicyclic) bond motifs is 2. The molecule has 2 heterocycles. The predicted molar refractivity (Wildman–Crippen MR) is 89.6 cm³/mol. The summed E-state index contributed by atoms with van der Waals surface area (Å²) in [6.07, 6.45) is 0. The number of amides is 1. The number of carbonyl (C=O) groups excluding carboxylic acids is 1. The highest BCUT2D eigenvalue weighted by molar-refractivity contribution is 6.32. The van der Waals surface area contributed by atoms with Crippen LogP contribution in [0.2, 0.25) is 5.02 Å². The first-order chi connectivity index (χ1) is 11.5. The molecule has 1 aromatic heterocycles. The summed E-state index contributed by atoms with van der Waals surface area (Å²) in [5, 5.41) is 13.2. The SMILES string of the molecule is Cc1cc2oc3c(c(=O)c2cc1Cl)[C@H](c1cccc(O)c1)NC3=O. The average molecular weight is 342 g/mol. The third kappa shape index (κ3) is 2.09. The molecule has 5 nitrogen and oxygen atoms in total. The standard InChI is InChI=1S/C18H12ClNO4/c1-8-5-13-11(7-12(8)19)16(22)14-15(20-18(23)17(14)24-13)9-3-2-4-10(21)6-9/h2-7,15,21H,1H3,(H,20,23)/t15-/m0/s1. The summed E-state index contributed by atoms with van der Waals surface area (Å²) in [6.45, 7) is 1.80. The maximum atomic E-state index is 12.9. The van der Waals surface area contributed by atoms with Crippen LogP contribution in [0.15, 0.2) is 45.6 Å². The van der Waals surface area contributed by atoms with Crippen LogP contribution in [0, 0.1) is 6.92 Å². The van der Waals surface area contributed by atoms with Crippen molar-refractivity contribution in [3.05, 3.63) is 74.1 Å². The van der Waals surface area contributed by atoms with Gasteiger partial charge in [0, 0.05) is 5.02 Å². The predicted octanol–water partition coefficient (Wildman–Crippen LogP) is 3.29. The number of rotatable bonds is 1. The fourth-order valence-corrected chi connectivity index (χ4v) is 3.15. The zero-order valence-electron chi connectivity index (χ0n) is 12.6. The number of aryl methyl sites for hydroxylation is 1. The second kappa shape index (κ2) is 5.11. The molecule has 0 spiro atoms. The Labute approximate surface area is 141 Å². The third-order valence-electron chi connectivity index (χ3n) is 4.18. The number of phenols is 1. The second-order valence-electron chi connectivity index (χ2n) is 5.77. The number of hydrogen-bond donors (Lipinski definition) is 2. The quantitative estimate of drug-likeness (QED) is 0.711. The summed E-state index contributed by atoms with van der Waals surface area (Å²) in [5.74, 6) is -0.397.